The topological polar surface area (TPSA) is 17.4 Å². The molecule has 0 bridgehead atoms. The molecule has 0 spiro atoms. The Labute approximate surface area is 124 Å². The van der Waals surface area contributed by atoms with Crippen molar-refractivity contribution in [2.24, 2.45) is 5.92 Å². The Hall–Kier alpha value is -1.10. The second-order valence-corrected chi connectivity index (χ2v) is 6.38. The molecule has 3 heterocycles. The molecule has 0 amide bonds. The lowest BCUT2D eigenvalue weighted by Crippen LogP contribution is -2.28. The smallest absolute Gasteiger partial charge is 0.0466 e. The molecule has 4 heteroatoms. The molecule has 3 rings (SSSR count). The van der Waals surface area contributed by atoms with E-state index < -0.39 is 0 Å². The average Bonchev–Trinajstić information content (AvgIpc) is 3.06. The number of hydrogen-bond acceptors (Lipinski definition) is 3. The minimum atomic E-state index is 0.669. The molecule has 2 aromatic rings. The van der Waals surface area contributed by atoms with Crippen LogP contribution in [0.3, 0.4) is 0 Å². The van der Waals surface area contributed by atoms with Crippen molar-refractivity contribution >= 4 is 11.3 Å². The van der Waals surface area contributed by atoms with Crippen molar-refractivity contribution in [1.29, 1.82) is 0 Å². The Morgan fingerprint density at radius 1 is 1.35 bits per heavy atom. The summed E-state index contributed by atoms with van der Waals surface area (Å²) in [6.07, 6.45) is 3.34. The Morgan fingerprint density at radius 3 is 3.10 bits per heavy atom. The van der Waals surface area contributed by atoms with E-state index in [4.69, 9.17) is 4.74 Å². The highest BCUT2D eigenvalue weighted by atomic mass is 32.1. The molecule has 0 saturated heterocycles. The number of hydrogen-bond donors (Lipinski definition) is 0. The van der Waals surface area contributed by atoms with Crippen LogP contribution >= 0.6 is 11.3 Å². The number of thiophene rings is 1. The highest BCUT2D eigenvalue weighted by molar-refractivity contribution is 7.07. The van der Waals surface area contributed by atoms with Gasteiger partial charge in [-0.2, -0.15) is 11.3 Å². The summed E-state index contributed by atoms with van der Waals surface area (Å²) in [4.78, 5) is 2.57. The van der Waals surface area contributed by atoms with Gasteiger partial charge in [0.2, 0.25) is 0 Å². The number of fused-ring (bicyclic) bond motifs is 1. The third-order valence-corrected chi connectivity index (χ3v) is 4.73. The van der Waals surface area contributed by atoms with Gasteiger partial charge in [-0.15, -0.1) is 0 Å². The van der Waals surface area contributed by atoms with E-state index >= 15 is 0 Å². The predicted octanol–water partition coefficient (Wildman–Crippen LogP) is 3.22. The number of aromatic nitrogens is 1. The van der Waals surface area contributed by atoms with Crippen molar-refractivity contribution in [3.63, 3.8) is 0 Å². The summed E-state index contributed by atoms with van der Waals surface area (Å²) in [7, 11) is 1.79. The van der Waals surface area contributed by atoms with Crippen LogP contribution < -0.4 is 0 Å². The molecule has 2 aromatic heterocycles. The summed E-state index contributed by atoms with van der Waals surface area (Å²) >= 11 is 1.78. The van der Waals surface area contributed by atoms with E-state index in [-0.39, 0.29) is 0 Å². The zero-order valence-electron chi connectivity index (χ0n) is 12.0. The summed E-state index contributed by atoms with van der Waals surface area (Å²) < 4.78 is 7.68. The summed E-state index contributed by atoms with van der Waals surface area (Å²) in [5.74, 6) is 0.669. The molecule has 3 nitrogen and oxygen atoms in total. The van der Waals surface area contributed by atoms with Crippen molar-refractivity contribution in [2.45, 2.75) is 26.1 Å². The molecule has 1 aliphatic rings. The maximum Gasteiger partial charge on any atom is 0.0466 e. The maximum absolute atomic E-state index is 5.27. The van der Waals surface area contributed by atoms with Gasteiger partial charge in [-0.25, -0.2) is 0 Å². The van der Waals surface area contributed by atoms with Crippen molar-refractivity contribution in [1.82, 2.24) is 9.47 Å². The largest absolute Gasteiger partial charge is 0.385 e. The summed E-state index contributed by atoms with van der Waals surface area (Å²) in [5, 5.41) is 4.42. The van der Waals surface area contributed by atoms with Crippen molar-refractivity contribution in [2.75, 3.05) is 20.3 Å². The lowest BCUT2D eigenvalue weighted by molar-refractivity contribution is 0.151. The molecule has 20 heavy (non-hydrogen) atoms. The van der Waals surface area contributed by atoms with E-state index in [2.05, 4.69) is 44.6 Å². The first-order chi connectivity index (χ1) is 9.85. The molecule has 0 saturated carbocycles. The Morgan fingerprint density at radius 2 is 2.30 bits per heavy atom. The van der Waals surface area contributed by atoms with Gasteiger partial charge in [0.05, 0.1) is 0 Å². The third kappa shape index (κ3) is 3.32. The lowest BCUT2D eigenvalue weighted by atomic mass is 10.1. The van der Waals surface area contributed by atoms with Gasteiger partial charge in [0.1, 0.15) is 0 Å². The predicted molar refractivity (Wildman–Crippen MR) is 82.8 cm³/mol. The Kier molecular flexibility index (Phi) is 4.55. The van der Waals surface area contributed by atoms with Crippen LogP contribution in [0.4, 0.5) is 0 Å². The molecule has 0 aromatic carbocycles. The summed E-state index contributed by atoms with van der Waals surface area (Å²) in [6, 6.07) is 6.65. The quantitative estimate of drug-likeness (QED) is 0.841. The minimum Gasteiger partial charge on any atom is -0.385 e. The van der Waals surface area contributed by atoms with E-state index in [1.807, 2.05) is 0 Å². The first-order valence-electron chi connectivity index (χ1n) is 7.21. The fourth-order valence-corrected chi connectivity index (χ4v) is 3.65. The van der Waals surface area contributed by atoms with Crippen LogP contribution in [0.1, 0.15) is 17.7 Å². The highest BCUT2D eigenvalue weighted by Gasteiger charge is 2.21. The Bertz CT molecular complexity index is 520. The molecule has 0 radical (unpaired) electrons. The summed E-state index contributed by atoms with van der Waals surface area (Å²) in [6.45, 7) is 5.23. The van der Waals surface area contributed by atoms with Crippen LogP contribution in [-0.2, 0) is 24.4 Å². The fourth-order valence-electron chi connectivity index (χ4n) is 2.99. The molecule has 0 unspecified atom stereocenters. The van der Waals surface area contributed by atoms with Crippen LogP contribution in [0.15, 0.2) is 35.2 Å². The number of methoxy groups -OCH3 is 1. The van der Waals surface area contributed by atoms with Crippen molar-refractivity contribution in [3.05, 3.63) is 46.4 Å². The Balaban J connectivity index is 1.73. The zero-order chi connectivity index (χ0) is 13.8. The fraction of sp³-hybridized carbons (Fsp3) is 0.500. The van der Waals surface area contributed by atoms with E-state index in [0.29, 0.717) is 5.92 Å². The molecule has 1 aliphatic heterocycles. The van der Waals surface area contributed by atoms with Gasteiger partial charge >= 0.3 is 0 Å². The second-order valence-electron chi connectivity index (χ2n) is 5.60. The van der Waals surface area contributed by atoms with Crippen molar-refractivity contribution < 1.29 is 4.74 Å². The zero-order valence-corrected chi connectivity index (χ0v) is 12.8. The molecule has 0 N–H and O–H groups in total. The number of ether oxygens (including phenoxy) is 1. The molecule has 108 valence electrons. The van der Waals surface area contributed by atoms with E-state index in [1.54, 1.807) is 18.4 Å². The van der Waals surface area contributed by atoms with Crippen LogP contribution in [0.5, 0.6) is 0 Å². The van der Waals surface area contributed by atoms with E-state index in [9.17, 15) is 0 Å². The van der Waals surface area contributed by atoms with Gasteiger partial charge in [-0.1, -0.05) is 0 Å². The standard InChI is InChI=1S/C16H22N2OS/c1-19-7-4-14-9-17(10-15-5-8-20-13-15)12-16-3-2-6-18(16)11-14/h2-3,5-6,8,13-14H,4,7,9-12H2,1H3/t14-/m0/s1. The van der Waals surface area contributed by atoms with Gasteiger partial charge in [-0.3, -0.25) is 4.90 Å². The second kappa shape index (κ2) is 6.57. The molecule has 1 atom stereocenters. The molecule has 0 fully saturated rings. The van der Waals surface area contributed by atoms with Gasteiger partial charge in [0.15, 0.2) is 0 Å². The van der Waals surface area contributed by atoms with Crippen LogP contribution in [0, 0.1) is 5.92 Å². The highest BCUT2D eigenvalue weighted by Crippen LogP contribution is 2.21. The molecular formula is C16H22N2OS. The lowest BCUT2D eigenvalue weighted by Gasteiger charge is -2.23. The van der Waals surface area contributed by atoms with E-state index in [0.717, 1.165) is 39.2 Å². The number of rotatable bonds is 5. The SMILES string of the molecule is COCC[C@H]1CN(Cc2ccsc2)Cc2cccn2C1. The first-order valence-corrected chi connectivity index (χ1v) is 8.16. The maximum atomic E-state index is 5.27. The van der Waals surface area contributed by atoms with E-state index in [1.165, 1.54) is 11.3 Å². The van der Waals surface area contributed by atoms with Crippen LogP contribution in [-0.4, -0.2) is 29.7 Å². The molecular weight excluding hydrogens is 268 g/mol. The average molecular weight is 290 g/mol. The minimum absolute atomic E-state index is 0.669. The van der Waals surface area contributed by atoms with Gasteiger partial charge in [0.25, 0.3) is 0 Å². The monoisotopic (exact) mass is 290 g/mol. The van der Waals surface area contributed by atoms with Gasteiger partial charge < -0.3 is 9.30 Å². The number of nitrogens with zero attached hydrogens (tertiary/aromatic N) is 2. The van der Waals surface area contributed by atoms with Gasteiger partial charge in [-0.05, 0) is 46.9 Å². The van der Waals surface area contributed by atoms with Gasteiger partial charge in [0, 0.05) is 51.8 Å². The normalized spacial score (nSPS) is 19.8. The van der Waals surface area contributed by atoms with Crippen molar-refractivity contribution in [3.8, 4) is 0 Å². The third-order valence-electron chi connectivity index (χ3n) is 4.00. The summed E-state index contributed by atoms with van der Waals surface area (Å²) in [5.41, 5.74) is 2.86. The van der Waals surface area contributed by atoms with Crippen LogP contribution in [0.2, 0.25) is 0 Å². The molecule has 0 aliphatic carbocycles. The first kappa shape index (κ1) is 13.9. The van der Waals surface area contributed by atoms with Crippen LogP contribution in [0.25, 0.3) is 0 Å².